The third-order valence-corrected chi connectivity index (χ3v) is 3.86. The predicted octanol–water partition coefficient (Wildman–Crippen LogP) is 6.04. The summed E-state index contributed by atoms with van der Waals surface area (Å²) in [5.41, 5.74) is 2.01. The van der Waals surface area contributed by atoms with Crippen LogP contribution in [0.5, 0.6) is 0 Å². The highest BCUT2D eigenvalue weighted by Gasteiger charge is 1.97. The van der Waals surface area contributed by atoms with Crippen molar-refractivity contribution in [1.29, 1.82) is 0 Å². The Bertz CT molecular complexity index is 579. The third kappa shape index (κ3) is 4.57. The molecule has 2 aromatic carbocycles. The Balaban J connectivity index is 1.91. The van der Waals surface area contributed by atoms with Crippen molar-refractivity contribution in [3.63, 3.8) is 0 Å². The van der Waals surface area contributed by atoms with Crippen molar-refractivity contribution in [2.45, 2.75) is 5.75 Å². The standard InChI is InChI=1S/C15H11Cl2FS/c16-13-4-3-12(15(17)9-13)7-8-19-10-11-1-5-14(18)6-2-11/h1-9H,10H2/b8-7-. The highest BCUT2D eigenvalue weighted by atomic mass is 35.5. The summed E-state index contributed by atoms with van der Waals surface area (Å²) < 4.78 is 12.7. The molecule has 4 heteroatoms. The van der Waals surface area contributed by atoms with Crippen LogP contribution < -0.4 is 0 Å². The fraction of sp³-hybridized carbons (Fsp3) is 0.0667. The lowest BCUT2D eigenvalue weighted by molar-refractivity contribution is 0.627. The van der Waals surface area contributed by atoms with Crippen molar-refractivity contribution in [3.8, 4) is 0 Å². The predicted molar refractivity (Wildman–Crippen MR) is 83.2 cm³/mol. The molecule has 0 aromatic heterocycles. The van der Waals surface area contributed by atoms with E-state index in [-0.39, 0.29) is 5.82 Å². The second-order valence-electron chi connectivity index (χ2n) is 3.91. The van der Waals surface area contributed by atoms with Gasteiger partial charge in [-0.1, -0.05) is 41.4 Å². The van der Waals surface area contributed by atoms with Gasteiger partial charge in [0.25, 0.3) is 0 Å². The van der Waals surface area contributed by atoms with Crippen molar-refractivity contribution in [2.24, 2.45) is 0 Å². The van der Waals surface area contributed by atoms with Crippen LogP contribution in [0, 0.1) is 5.82 Å². The minimum absolute atomic E-state index is 0.211. The zero-order valence-electron chi connectivity index (χ0n) is 9.95. The maximum Gasteiger partial charge on any atom is 0.123 e. The number of rotatable bonds is 4. The maximum atomic E-state index is 12.7. The summed E-state index contributed by atoms with van der Waals surface area (Å²) in [5, 5.41) is 3.23. The molecule has 19 heavy (non-hydrogen) atoms. The Hall–Kier alpha value is -0.960. The first-order chi connectivity index (χ1) is 9.15. The quantitative estimate of drug-likeness (QED) is 0.663. The number of thioether (sulfide) groups is 1. The van der Waals surface area contributed by atoms with Gasteiger partial charge in [-0.15, -0.1) is 11.8 Å². The zero-order chi connectivity index (χ0) is 13.7. The molecular formula is C15H11Cl2FS. The van der Waals surface area contributed by atoms with Gasteiger partial charge in [0, 0.05) is 15.8 Å². The summed E-state index contributed by atoms with van der Waals surface area (Å²) in [6.45, 7) is 0. The van der Waals surface area contributed by atoms with Gasteiger partial charge in [-0.05, 0) is 46.9 Å². The van der Waals surface area contributed by atoms with Gasteiger partial charge < -0.3 is 0 Å². The van der Waals surface area contributed by atoms with Crippen LogP contribution in [0.25, 0.3) is 6.08 Å². The lowest BCUT2D eigenvalue weighted by atomic mass is 10.2. The molecule has 2 aromatic rings. The van der Waals surface area contributed by atoms with E-state index in [1.165, 1.54) is 12.1 Å². The topological polar surface area (TPSA) is 0 Å². The van der Waals surface area contributed by atoms with Gasteiger partial charge in [-0.3, -0.25) is 0 Å². The third-order valence-electron chi connectivity index (χ3n) is 2.47. The lowest BCUT2D eigenvalue weighted by Gasteiger charge is -1.99. The largest absolute Gasteiger partial charge is 0.207 e. The van der Waals surface area contributed by atoms with E-state index < -0.39 is 0 Å². The van der Waals surface area contributed by atoms with Crippen LogP contribution in [0.3, 0.4) is 0 Å². The molecule has 0 aliphatic carbocycles. The highest BCUT2D eigenvalue weighted by molar-refractivity contribution is 8.01. The van der Waals surface area contributed by atoms with Crippen molar-refractivity contribution in [3.05, 3.63) is 74.9 Å². The summed E-state index contributed by atoms with van der Waals surface area (Å²) in [7, 11) is 0. The number of hydrogen-bond donors (Lipinski definition) is 0. The van der Waals surface area contributed by atoms with Crippen molar-refractivity contribution < 1.29 is 4.39 Å². The molecule has 0 saturated heterocycles. The molecule has 0 atom stereocenters. The molecule has 0 spiro atoms. The SMILES string of the molecule is Fc1ccc(CS/C=C\c2ccc(Cl)cc2Cl)cc1. The molecule has 0 N–H and O–H groups in total. The van der Waals surface area contributed by atoms with E-state index >= 15 is 0 Å². The Morgan fingerprint density at radius 3 is 2.47 bits per heavy atom. The smallest absolute Gasteiger partial charge is 0.123 e. The average Bonchev–Trinajstić information content (AvgIpc) is 2.39. The molecular weight excluding hydrogens is 302 g/mol. The van der Waals surface area contributed by atoms with Gasteiger partial charge in [-0.25, -0.2) is 4.39 Å². The van der Waals surface area contributed by atoms with E-state index in [1.54, 1.807) is 36.0 Å². The number of halogens is 3. The van der Waals surface area contributed by atoms with E-state index in [9.17, 15) is 4.39 Å². The molecule has 98 valence electrons. The maximum absolute atomic E-state index is 12.7. The van der Waals surface area contributed by atoms with Crippen LogP contribution in [-0.4, -0.2) is 0 Å². The van der Waals surface area contributed by atoms with E-state index in [1.807, 2.05) is 17.6 Å². The summed E-state index contributed by atoms with van der Waals surface area (Å²) in [6.07, 6.45) is 1.94. The normalized spacial score (nSPS) is 11.1. The van der Waals surface area contributed by atoms with Gasteiger partial charge in [0.1, 0.15) is 5.82 Å². The van der Waals surface area contributed by atoms with Crippen molar-refractivity contribution >= 4 is 41.0 Å². The average molecular weight is 313 g/mol. The van der Waals surface area contributed by atoms with Gasteiger partial charge >= 0.3 is 0 Å². The summed E-state index contributed by atoms with van der Waals surface area (Å²) in [5.74, 6) is 0.583. The Morgan fingerprint density at radius 2 is 1.79 bits per heavy atom. The molecule has 0 heterocycles. The minimum atomic E-state index is -0.211. The second kappa shape index (κ2) is 6.99. The lowest BCUT2D eigenvalue weighted by Crippen LogP contribution is -1.79. The molecule has 2 rings (SSSR count). The number of hydrogen-bond acceptors (Lipinski definition) is 1. The molecule has 0 fully saturated rings. The molecule has 0 aliphatic heterocycles. The Labute approximate surface area is 126 Å². The summed E-state index contributed by atoms with van der Waals surface area (Å²) in [6, 6.07) is 11.9. The monoisotopic (exact) mass is 312 g/mol. The van der Waals surface area contributed by atoms with Crippen LogP contribution in [0.4, 0.5) is 4.39 Å². The van der Waals surface area contributed by atoms with E-state index in [2.05, 4.69) is 0 Å². The first-order valence-corrected chi connectivity index (χ1v) is 7.43. The van der Waals surface area contributed by atoms with Crippen LogP contribution in [0.1, 0.15) is 11.1 Å². The van der Waals surface area contributed by atoms with Crippen LogP contribution in [0.2, 0.25) is 10.0 Å². The minimum Gasteiger partial charge on any atom is -0.207 e. The first-order valence-electron chi connectivity index (χ1n) is 5.63. The van der Waals surface area contributed by atoms with Crippen molar-refractivity contribution in [2.75, 3.05) is 0 Å². The fourth-order valence-corrected chi connectivity index (χ4v) is 2.68. The van der Waals surface area contributed by atoms with Crippen LogP contribution in [-0.2, 0) is 5.75 Å². The zero-order valence-corrected chi connectivity index (χ0v) is 12.3. The Morgan fingerprint density at radius 1 is 1.05 bits per heavy atom. The Kier molecular flexibility index (Phi) is 5.32. The summed E-state index contributed by atoms with van der Waals surface area (Å²) in [4.78, 5) is 0. The fourth-order valence-electron chi connectivity index (χ4n) is 1.48. The first kappa shape index (κ1) is 14.4. The molecule has 0 saturated carbocycles. The van der Waals surface area contributed by atoms with E-state index in [4.69, 9.17) is 23.2 Å². The molecule has 0 aliphatic rings. The number of benzene rings is 2. The molecule has 0 unspecified atom stereocenters. The van der Waals surface area contributed by atoms with E-state index in [0.717, 1.165) is 16.9 Å². The van der Waals surface area contributed by atoms with Crippen molar-refractivity contribution in [1.82, 2.24) is 0 Å². The van der Waals surface area contributed by atoms with Gasteiger partial charge in [0.05, 0.1) is 0 Å². The van der Waals surface area contributed by atoms with Crippen LogP contribution >= 0.6 is 35.0 Å². The molecule has 0 nitrogen and oxygen atoms in total. The summed E-state index contributed by atoms with van der Waals surface area (Å²) >= 11 is 13.5. The molecule has 0 radical (unpaired) electrons. The highest BCUT2D eigenvalue weighted by Crippen LogP contribution is 2.23. The van der Waals surface area contributed by atoms with E-state index in [0.29, 0.717) is 10.0 Å². The molecule has 0 bridgehead atoms. The van der Waals surface area contributed by atoms with Gasteiger partial charge in [0.2, 0.25) is 0 Å². The van der Waals surface area contributed by atoms with Gasteiger partial charge in [0.15, 0.2) is 0 Å². The van der Waals surface area contributed by atoms with Crippen LogP contribution in [0.15, 0.2) is 47.9 Å². The van der Waals surface area contributed by atoms with Gasteiger partial charge in [-0.2, -0.15) is 0 Å². The second-order valence-corrected chi connectivity index (χ2v) is 5.64. The molecule has 0 amide bonds.